The van der Waals surface area contributed by atoms with Crippen LogP contribution in [0, 0.1) is 20.8 Å². The second kappa shape index (κ2) is 9.82. The van der Waals surface area contributed by atoms with Gasteiger partial charge in [0.2, 0.25) is 5.91 Å². The molecule has 0 fully saturated rings. The Morgan fingerprint density at radius 1 is 1.06 bits per heavy atom. The van der Waals surface area contributed by atoms with E-state index < -0.39 is 0 Å². The second-order valence-electron chi connectivity index (χ2n) is 8.02. The van der Waals surface area contributed by atoms with Gasteiger partial charge in [0, 0.05) is 23.2 Å². The molecule has 0 spiro atoms. The molecular weight excluding hydrogens is 468 g/mol. The number of carbonyl (C=O) groups is 2. The average molecular weight is 493 g/mol. The van der Waals surface area contributed by atoms with Crippen LogP contribution in [-0.2, 0) is 10.5 Å². The number of nitrogens with one attached hydrogen (secondary N) is 3. The van der Waals surface area contributed by atoms with Gasteiger partial charge in [-0.1, -0.05) is 23.8 Å². The van der Waals surface area contributed by atoms with E-state index in [9.17, 15) is 14.4 Å². The number of benzene rings is 2. The molecule has 0 saturated carbocycles. The number of aryl methyl sites for hydroxylation is 3. The highest BCUT2D eigenvalue weighted by Gasteiger charge is 2.20. The topological polar surface area (TPSA) is 104 Å². The monoisotopic (exact) mass is 492 g/mol. The third kappa shape index (κ3) is 5.21. The maximum Gasteiger partial charge on any atom is 0.266 e. The number of fused-ring (bicyclic) bond motifs is 1. The van der Waals surface area contributed by atoms with Gasteiger partial charge in [0.05, 0.1) is 16.0 Å². The minimum Gasteiger partial charge on any atom is -0.326 e. The maximum absolute atomic E-state index is 13.0. The molecule has 0 aliphatic rings. The van der Waals surface area contributed by atoms with Crippen molar-refractivity contribution in [2.75, 3.05) is 10.6 Å². The molecule has 174 valence electrons. The number of thiophene rings is 1. The molecule has 0 saturated heterocycles. The number of aromatic nitrogens is 2. The standard InChI is InChI=1S/C25H24N4O3S2/c1-13-8-9-14(2)19(10-13)33-12-20-28-23(31)21-15(3)22(34-25(21)29-20)24(32)27-18-7-5-6-17(11-18)26-16(4)30/h5-11H,12H2,1-4H3,(H,26,30)(H,27,32)(H,28,29,31). The number of nitrogens with zero attached hydrogens (tertiary/aromatic N) is 1. The fourth-order valence-corrected chi connectivity index (χ4v) is 5.64. The van der Waals surface area contributed by atoms with Crippen LogP contribution in [-0.4, -0.2) is 21.8 Å². The van der Waals surface area contributed by atoms with Gasteiger partial charge in [0.25, 0.3) is 11.5 Å². The van der Waals surface area contributed by atoms with Crippen molar-refractivity contribution < 1.29 is 9.59 Å². The SMILES string of the molecule is CC(=O)Nc1cccc(NC(=O)c2sc3nc(CSc4cc(C)ccc4C)[nH]c(=O)c3c2C)c1. The van der Waals surface area contributed by atoms with Crippen LogP contribution in [0.15, 0.2) is 52.2 Å². The average Bonchev–Trinajstić information content (AvgIpc) is 3.11. The molecule has 4 rings (SSSR count). The van der Waals surface area contributed by atoms with E-state index in [2.05, 4.69) is 45.7 Å². The Bertz CT molecular complexity index is 1470. The summed E-state index contributed by atoms with van der Waals surface area (Å²) in [5.74, 6) is 0.565. The van der Waals surface area contributed by atoms with Crippen molar-refractivity contribution in [3.8, 4) is 0 Å². The molecule has 7 nitrogen and oxygen atoms in total. The van der Waals surface area contributed by atoms with Crippen LogP contribution in [0.25, 0.3) is 10.2 Å². The van der Waals surface area contributed by atoms with E-state index in [-0.39, 0.29) is 17.4 Å². The zero-order valence-corrected chi connectivity index (χ0v) is 20.9. The smallest absolute Gasteiger partial charge is 0.266 e. The zero-order chi connectivity index (χ0) is 24.4. The van der Waals surface area contributed by atoms with E-state index in [0.717, 1.165) is 4.90 Å². The van der Waals surface area contributed by atoms with Gasteiger partial charge in [-0.15, -0.1) is 23.1 Å². The molecule has 9 heteroatoms. The third-order valence-electron chi connectivity index (χ3n) is 5.20. The highest BCUT2D eigenvalue weighted by molar-refractivity contribution is 7.98. The summed E-state index contributed by atoms with van der Waals surface area (Å²) in [4.78, 5) is 46.7. The van der Waals surface area contributed by atoms with E-state index in [1.807, 2.05) is 6.92 Å². The fourth-order valence-electron chi connectivity index (χ4n) is 3.55. The van der Waals surface area contributed by atoms with Crippen LogP contribution < -0.4 is 16.2 Å². The Hall–Kier alpha value is -3.43. The van der Waals surface area contributed by atoms with E-state index in [0.29, 0.717) is 43.6 Å². The summed E-state index contributed by atoms with van der Waals surface area (Å²) < 4.78 is 0. The molecule has 0 radical (unpaired) electrons. The lowest BCUT2D eigenvalue weighted by atomic mass is 10.2. The van der Waals surface area contributed by atoms with Crippen molar-refractivity contribution >= 4 is 56.5 Å². The minimum atomic E-state index is -0.328. The molecule has 2 amide bonds. The molecule has 0 unspecified atom stereocenters. The lowest BCUT2D eigenvalue weighted by molar-refractivity contribution is -0.114. The van der Waals surface area contributed by atoms with Crippen molar-refractivity contribution in [1.82, 2.24) is 9.97 Å². The van der Waals surface area contributed by atoms with Crippen LogP contribution in [0.3, 0.4) is 0 Å². The van der Waals surface area contributed by atoms with Crippen LogP contribution >= 0.6 is 23.1 Å². The number of H-pyrrole nitrogens is 1. The van der Waals surface area contributed by atoms with E-state index in [1.165, 1.54) is 29.4 Å². The Kier molecular flexibility index (Phi) is 6.85. The number of anilines is 2. The summed E-state index contributed by atoms with van der Waals surface area (Å²) in [6, 6.07) is 13.2. The molecule has 0 atom stereocenters. The summed E-state index contributed by atoms with van der Waals surface area (Å²) in [7, 11) is 0. The molecule has 0 aliphatic carbocycles. The summed E-state index contributed by atoms with van der Waals surface area (Å²) >= 11 is 2.82. The quantitative estimate of drug-likeness (QED) is 0.312. The number of thioether (sulfide) groups is 1. The molecule has 2 aromatic carbocycles. The van der Waals surface area contributed by atoms with Gasteiger partial charge < -0.3 is 15.6 Å². The summed E-state index contributed by atoms with van der Waals surface area (Å²) in [6.45, 7) is 7.28. The number of aromatic amines is 1. The lowest BCUT2D eigenvalue weighted by Crippen LogP contribution is -2.13. The van der Waals surface area contributed by atoms with E-state index >= 15 is 0 Å². The van der Waals surface area contributed by atoms with Crippen molar-refractivity contribution in [1.29, 1.82) is 0 Å². The van der Waals surface area contributed by atoms with Crippen molar-refractivity contribution in [3.05, 3.63) is 80.2 Å². The van der Waals surface area contributed by atoms with Gasteiger partial charge in [-0.3, -0.25) is 14.4 Å². The third-order valence-corrected chi connectivity index (χ3v) is 7.56. The molecule has 2 aromatic heterocycles. The first kappa shape index (κ1) is 23.7. The van der Waals surface area contributed by atoms with E-state index in [4.69, 9.17) is 0 Å². The Morgan fingerprint density at radius 3 is 2.53 bits per heavy atom. The largest absolute Gasteiger partial charge is 0.326 e. The molecule has 0 aliphatic heterocycles. The zero-order valence-electron chi connectivity index (χ0n) is 19.2. The minimum absolute atomic E-state index is 0.194. The second-order valence-corrected chi connectivity index (χ2v) is 10.0. The normalized spacial score (nSPS) is 10.9. The van der Waals surface area contributed by atoms with Crippen LogP contribution in [0.5, 0.6) is 0 Å². The van der Waals surface area contributed by atoms with E-state index in [1.54, 1.807) is 43.0 Å². The lowest BCUT2D eigenvalue weighted by Gasteiger charge is -2.07. The van der Waals surface area contributed by atoms with Gasteiger partial charge in [0.1, 0.15) is 10.7 Å². The summed E-state index contributed by atoms with van der Waals surface area (Å²) in [5.41, 5.74) is 3.83. The number of hydrogen-bond donors (Lipinski definition) is 3. The van der Waals surface area contributed by atoms with Gasteiger partial charge in [-0.2, -0.15) is 0 Å². The van der Waals surface area contributed by atoms with Crippen molar-refractivity contribution in [2.24, 2.45) is 0 Å². The maximum atomic E-state index is 13.0. The Balaban J connectivity index is 1.57. The molecular formula is C25H24N4O3S2. The number of rotatable bonds is 6. The number of hydrogen-bond acceptors (Lipinski definition) is 6. The summed E-state index contributed by atoms with van der Waals surface area (Å²) in [6.07, 6.45) is 0. The molecule has 0 bridgehead atoms. The first-order valence-electron chi connectivity index (χ1n) is 10.6. The van der Waals surface area contributed by atoms with Crippen molar-refractivity contribution in [2.45, 2.75) is 38.3 Å². The molecule has 4 aromatic rings. The predicted molar refractivity (Wildman–Crippen MR) is 139 cm³/mol. The highest BCUT2D eigenvalue weighted by Crippen LogP contribution is 2.30. The Labute approximate surface area is 205 Å². The molecule has 3 N–H and O–H groups in total. The van der Waals surface area contributed by atoms with Gasteiger partial charge >= 0.3 is 0 Å². The first-order chi connectivity index (χ1) is 16.2. The van der Waals surface area contributed by atoms with Gasteiger partial charge in [-0.05, 0) is 56.2 Å². The number of carbonyl (C=O) groups excluding carboxylic acids is 2. The first-order valence-corrected chi connectivity index (χ1v) is 12.4. The summed E-state index contributed by atoms with van der Waals surface area (Å²) in [5, 5.41) is 5.96. The Morgan fingerprint density at radius 2 is 1.79 bits per heavy atom. The van der Waals surface area contributed by atoms with Crippen LogP contribution in [0.1, 0.15) is 39.1 Å². The molecule has 2 heterocycles. The van der Waals surface area contributed by atoms with Crippen LogP contribution in [0.4, 0.5) is 11.4 Å². The van der Waals surface area contributed by atoms with Crippen molar-refractivity contribution in [3.63, 3.8) is 0 Å². The highest BCUT2D eigenvalue weighted by atomic mass is 32.2. The van der Waals surface area contributed by atoms with Crippen LogP contribution in [0.2, 0.25) is 0 Å². The van der Waals surface area contributed by atoms with Gasteiger partial charge in [-0.25, -0.2) is 4.98 Å². The van der Waals surface area contributed by atoms with Gasteiger partial charge in [0.15, 0.2) is 0 Å². The fraction of sp³-hybridized carbons (Fsp3) is 0.200. The number of amides is 2. The molecule has 34 heavy (non-hydrogen) atoms. The predicted octanol–water partition coefficient (Wildman–Crippen LogP) is 5.41.